The van der Waals surface area contributed by atoms with Crippen LogP contribution in [-0.2, 0) is 10.3 Å². The van der Waals surface area contributed by atoms with Gasteiger partial charge in [0.2, 0.25) is 0 Å². The van der Waals surface area contributed by atoms with E-state index in [1.807, 2.05) is 6.07 Å². The molecule has 2 aromatic rings. The first-order valence-electron chi connectivity index (χ1n) is 5.95. The number of benzene rings is 1. The largest absolute Gasteiger partial charge is 0.358 e. The van der Waals surface area contributed by atoms with E-state index in [0.29, 0.717) is 0 Å². The van der Waals surface area contributed by atoms with Crippen LogP contribution in [0.4, 0.5) is 0 Å². The first-order valence-corrected chi connectivity index (χ1v) is 6.77. The van der Waals surface area contributed by atoms with Crippen molar-refractivity contribution in [2.24, 2.45) is 5.41 Å². The van der Waals surface area contributed by atoms with Gasteiger partial charge in [-0.05, 0) is 24.5 Å². The molecule has 1 aromatic heterocycles. The Kier molecular flexibility index (Phi) is 2.17. The van der Waals surface area contributed by atoms with Crippen molar-refractivity contribution in [1.82, 2.24) is 4.98 Å². The zero-order valence-electron chi connectivity index (χ0n) is 10.7. The Morgan fingerprint density at radius 1 is 1.29 bits per heavy atom. The number of hydrogen-bond donors (Lipinski definition) is 0. The van der Waals surface area contributed by atoms with E-state index < -0.39 is 0 Å². The van der Waals surface area contributed by atoms with Crippen molar-refractivity contribution in [1.29, 1.82) is 0 Å². The molecule has 1 aliphatic rings. The molecule has 1 aromatic carbocycles. The van der Waals surface area contributed by atoms with Crippen LogP contribution in [0.3, 0.4) is 0 Å². The molecule has 0 aliphatic carbocycles. The van der Waals surface area contributed by atoms with Gasteiger partial charge >= 0.3 is 0 Å². The molecule has 0 N–H and O–H groups in total. The number of nitrogens with zero attached hydrogens (tertiary/aromatic N) is 1. The summed E-state index contributed by atoms with van der Waals surface area (Å²) in [5, 5.41) is 1.11. The lowest BCUT2D eigenvalue weighted by molar-refractivity contribution is 0.249. The normalized spacial score (nSPS) is 28.6. The average Bonchev–Trinajstić information content (AvgIpc) is 2.79. The fraction of sp³-hybridized carbons (Fsp3) is 0.500. The molecule has 0 unspecified atom stereocenters. The summed E-state index contributed by atoms with van der Waals surface area (Å²) >= 11 is 1.75. The van der Waals surface area contributed by atoms with Gasteiger partial charge in [-0.25, -0.2) is 4.98 Å². The predicted molar refractivity (Wildman–Crippen MR) is 71.3 cm³/mol. The topological polar surface area (TPSA) is 25.4 Å². The van der Waals surface area contributed by atoms with Crippen LogP contribution in [0.15, 0.2) is 24.3 Å². The molecule has 17 heavy (non-hydrogen) atoms. The maximum absolute atomic E-state index is 5.93. The molecule has 3 rings (SSSR count). The predicted octanol–water partition coefficient (Wildman–Crippen LogP) is 3.96. The Morgan fingerprint density at radius 3 is 2.59 bits per heavy atom. The highest BCUT2D eigenvalue weighted by Gasteiger charge is 2.60. The van der Waals surface area contributed by atoms with E-state index in [-0.39, 0.29) is 17.1 Å². The van der Waals surface area contributed by atoms with Crippen molar-refractivity contribution in [3.63, 3.8) is 0 Å². The van der Waals surface area contributed by atoms with Crippen molar-refractivity contribution in [2.45, 2.75) is 39.4 Å². The summed E-state index contributed by atoms with van der Waals surface area (Å²) < 4.78 is 7.17. The van der Waals surface area contributed by atoms with Gasteiger partial charge < -0.3 is 4.74 Å². The van der Waals surface area contributed by atoms with E-state index in [2.05, 4.69) is 45.9 Å². The Hall–Kier alpha value is -0.930. The Labute approximate surface area is 106 Å². The zero-order chi connectivity index (χ0) is 12.3. The summed E-state index contributed by atoms with van der Waals surface area (Å²) in [7, 11) is 0. The lowest BCUT2D eigenvalue weighted by atomic mass is 9.86. The third kappa shape index (κ3) is 1.69. The van der Waals surface area contributed by atoms with Crippen LogP contribution in [0.2, 0.25) is 0 Å². The van der Waals surface area contributed by atoms with Crippen LogP contribution >= 0.6 is 11.3 Å². The van der Waals surface area contributed by atoms with Gasteiger partial charge in [0, 0.05) is 0 Å². The molecular weight excluding hydrogens is 230 g/mol. The van der Waals surface area contributed by atoms with Gasteiger partial charge in [0.15, 0.2) is 0 Å². The zero-order valence-corrected chi connectivity index (χ0v) is 11.5. The second kappa shape index (κ2) is 3.30. The van der Waals surface area contributed by atoms with Gasteiger partial charge in [-0.1, -0.05) is 32.9 Å². The number of rotatable bonds is 1. The molecule has 3 heteroatoms. The second-order valence-corrected chi connectivity index (χ2v) is 6.99. The molecule has 1 fully saturated rings. The SMILES string of the molecule is CC(C)(C)[C@@H]1O[C@@]1(C)c1nc2ccccc2s1. The first-order chi connectivity index (χ1) is 7.91. The minimum Gasteiger partial charge on any atom is -0.358 e. The number of thiazole rings is 1. The number of ether oxygens (including phenoxy) is 1. The molecule has 2 atom stereocenters. The highest BCUT2D eigenvalue weighted by Crippen LogP contribution is 2.55. The molecule has 0 amide bonds. The molecule has 2 heterocycles. The summed E-state index contributed by atoms with van der Waals surface area (Å²) in [4.78, 5) is 4.70. The van der Waals surface area contributed by atoms with Crippen LogP contribution in [0.5, 0.6) is 0 Å². The number of epoxide rings is 1. The third-order valence-corrected chi connectivity index (χ3v) is 4.57. The van der Waals surface area contributed by atoms with Gasteiger partial charge in [0.25, 0.3) is 0 Å². The van der Waals surface area contributed by atoms with Gasteiger partial charge in [0.1, 0.15) is 10.6 Å². The third-order valence-electron chi connectivity index (χ3n) is 3.31. The quantitative estimate of drug-likeness (QED) is 0.713. The van der Waals surface area contributed by atoms with Crippen LogP contribution in [-0.4, -0.2) is 11.1 Å². The fourth-order valence-electron chi connectivity index (χ4n) is 2.46. The summed E-state index contributed by atoms with van der Waals surface area (Å²) in [6, 6.07) is 8.27. The van der Waals surface area contributed by atoms with Crippen molar-refractivity contribution < 1.29 is 4.74 Å². The molecular formula is C14H17NOS. The van der Waals surface area contributed by atoms with Gasteiger partial charge in [-0.2, -0.15) is 0 Å². The number of fused-ring (bicyclic) bond motifs is 1. The van der Waals surface area contributed by atoms with Crippen molar-refractivity contribution >= 4 is 21.6 Å². The fourth-order valence-corrected chi connectivity index (χ4v) is 3.54. The molecule has 2 nitrogen and oxygen atoms in total. The van der Waals surface area contributed by atoms with Crippen LogP contribution in [0.1, 0.15) is 32.7 Å². The average molecular weight is 247 g/mol. The summed E-state index contributed by atoms with van der Waals surface area (Å²) in [6.07, 6.45) is 0.274. The minimum atomic E-state index is -0.179. The monoisotopic (exact) mass is 247 g/mol. The first kappa shape index (κ1) is 11.2. The lowest BCUT2D eigenvalue weighted by Gasteiger charge is -2.16. The van der Waals surface area contributed by atoms with Gasteiger partial charge in [-0.15, -0.1) is 11.3 Å². The Morgan fingerprint density at radius 2 is 2.00 bits per heavy atom. The number of aromatic nitrogens is 1. The Bertz CT molecular complexity index is 536. The highest BCUT2D eigenvalue weighted by atomic mass is 32.1. The van der Waals surface area contributed by atoms with E-state index in [1.165, 1.54) is 4.70 Å². The minimum absolute atomic E-state index is 0.173. The maximum Gasteiger partial charge on any atom is 0.144 e. The van der Waals surface area contributed by atoms with Crippen molar-refractivity contribution in [3.05, 3.63) is 29.3 Å². The summed E-state index contributed by atoms with van der Waals surface area (Å²) in [5.41, 5.74) is 1.08. The van der Waals surface area contributed by atoms with Crippen LogP contribution < -0.4 is 0 Å². The lowest BCUT2D eigenvalue weighted by Crippen LogP contribution is -2.20. The van der Waals surface area contributed by atoms with Crippen LogP contribution in [0.25, 0.3) is 10.2 Å². The van der Waals surface area contributed by atoms with E-state index >= 15 is 0 Å². The van der Waals surface area contributed by atoms with E-state index in [4.69, 9.17) is 9.72 Å². The maximum atomic E-state index is 5.93. The van der Waals surface area contributed by atoms with Crippen molar-refractivity contribution in [3.8, 4) is 0 Å². The summed E-state index contributed by atoms with van der Waals surface area (Å²) in [5.74, 6) is 0. The van der Waals surface area contributed by atoms with E-state index in [0.717, 1.165) is 10.5 Å². The smallest absolute Gasteiger partial charge is 0.144 e. The molecule has 0 spiro atoms. The van der Waals surface area contributed by atoms with E-state index in [1.54, 1.807) is 11.3 Å². The molecule has 1 aliphatic heterocycles. The number of hydrogen-bond acceptors (Lipinski definition) is 3. The van der Waals surface area contributed by atoms with Crippen LogP contribution in [0, 0.1) is 5.41 Å². The summed E-state index contributed by atoms with van der Waals surface area (Å²) in [6.45, 7) is 8.81. The van der Waals surface area contributed by atoms with Gasteiger partial charge in [0.05, 0.1) is 16.3 Å². The second-order valence-electron chi connectivity index (χ2n) is 5.96. The molecule has 0 bridgehead atoms. The molecule has 90 valence electrons. The molecule has 1 saturated heterocycles. The van der Waals surface area contributed by atoms with E-state index in [9.17, 15) is 0 Å². The molecule has 0 radical (unpaired) electrons. The van der Waals surface area contributed by atoms with Gasteiger partial charge in [-0.3, -0.25) is 0 Å². The standard InChI is InChI=1S/C14H17NOS/c1-13(2,3)11-14(4,16-11)12-15-9-7-5-6-8-10(9)17-12/h5-8,11H,1-4H3/t11-,14+/m0/s1. The molecule has 0 saturated carbocycles. The van der Waals surface area contributed by atoms with Crippen molar-refractivity contribution in [2.75, 3.05) is 0 Å². The highest BCUT2D eigenvalue weighted by molar-refractivity contribution is 7.18. The Balaban J connectivity index is 2.01. The number of para-hydroxylation sites is 1.